The molecule has 1 fully saturated rings. The Hall–Kier alpha value is -2.52. The maximum atomic E-state index is 13.3. The molecule has 2 aromatic carbocycles. The number of anilines is 1. The summed E-state index contributed by atoms with van der Waals surface area (Å²) in [5, 5.41) is 0. The van der Waals surface area contributed by atoms with Crippen LogP contribution in [0.5, 0.6) is 0 Å². The van der Waals surface area contributed by atoms with Crippen LogP contribution in [0.15, 0.2) is 52.3 Å². The number of carbonyl (C=O) groups is 2. The fourth-order valence-electron chi connectivity index (χ4n) is 4.11. The first-order valence-corrected chi connectivity index (χ1v) is 14.4. The maximum absolute atomic E-state index is 13.3. The van der Waals surface area contributed by atoms with Gasteiger partial charge in [0.25, 0.3) is 21.8 Å². The number of amides is 2. The third-order valence-corrected chi connectivity index (χ3v) is 8.22. The van der Waals surface area contributed by atoms with Crippen molar-refractivity contribution in [3.05, 3.63) is 53.6 Å². The number of sulfonamides is 1. The van der Waals surface area contributed by atoms with Gasteiger partial charge in [0.2, 0.25) is 0 Å². The predicted molar refractivity (Wildman–Crippen MR) is 137 cm³/mol. The molecule has 0 atom stereocenters. The molecule has 9 heteroatoms. The number of likely N-dealkylation sites (tertiary alicyclic amines) is 1. The summed E-state index contributed by atoms with van der Waals surface area (Å²) in [5.41, 5.74) is 0.898. The van der Waals surface area contributed by atoms with Crippen molar-refractivity contribution in [2.24, 2.45) is 0 Å². The number of nitrogens with one attached hydrogen (secondary N) is 1. The molecule has 3 rings (SSSR count). The minimum Gasteiger partial charge on any atom is -0.339 e. The van der Waals surface area contributed by atoms with Crippen molar-refractivity contribution in [3.63, 3.8) is 0 Å². The zero-order valence-corrected chi connectivity index (χ0v) is 21.7. The van der Waals surface area contributed by atoms with E-state index in [2.05, 4.69) is 4.72 Å². The number of nitrogens with zero attached hydrogens (tertiary/aromatic N) is 2. The molecule has 34 heavy (non-hydrogen) atoms. The molecule has 0 unspecified atom stereocenters. The molecule has 0 aliphatic carbocycles. The van der Waals surface area contributed by atoms with Crippen molar-refractivity contribution in [2.75, 3.05) is 37.2 Å². The molecule has 184 valence electrons. The van der Waals surface area contributed by atoms with E-state index in [-0.39, 0.29) is 28.0 Å². The van der Waals surface area contributed by atoms with Crippen LogP contribution in [0.3, 0.4) is 0 Å². The van der Waals surface area contributed by atoms with Crippen molar-refractivity contribution in [2.45, 2.75) is 49.3 Å². The van der Waals surface area contributed by atoms with Gasteiger partial charge < -0.3 is 9.80 Å². The van der Waals surface area contributed by atoms with Crippen LogP contribution in [0.4, 0.5) is 5.69 Å². The summed E-state index contributed by atoms with van der Waals surface area (Å²) in [5.74, 6) is -0.376. The minimum atomic E-state index is -4.03. The van der Waals surface area contributed by atoms with Gasteiger partial charge in [-0.15, -0.1) is 11.8 Å². The molecule has 1 aliphatic heterocycles. The highest BCUT2D eigenvalue weighted by atomic mass is 32.2. The highest BCUT2D eigenvalue weighted by molar-refractivity contribution is 7.98. The molecule has 0 aromatic heterocycles. The van der Waals surface area contributed by atoms with E-state index >= 15 is 0 Å². The highest BCUT2D eigenvalue weighted by Crippen LogP contribution is 2.28. The van der Waals surface area contributed by atoms with Crippen LogP contribution in [0.25, 0.3) is 0 Å². The van der Waals surface area contributed by atoms with Gasteiger partial charge >= 0.3 is 0 Å². The van der Waals surface area contributed by atoms with E-state index in [1.807, 2.05) is 25.0 Å². The molecular formula is C25H33N3O4S2. The molecule has 2 aromatic rings. The monoisotopic (exact) mass is 503 g/mol. The lowest BCUT2D eigenvalue weighted by atomic mass is 10.1. The van der Waals surface area contributed by atoms with E-state index in [1.165, 1.54) is 23.9 Å². The van der Waals surface area contributed by atoms with Crippen LogP contribution in [0.2, 0.25) is 0 Å². The fraction of sp³-hybridized carbons (Fsp3) is 0.440. The van der Waals surface area contributed by atoms with Crippen molar-refractivity contribution < 1.29 is 18.0 Å². The second-order valence-corrected chi connectivity index (χ2v) is 10.7. The molecule has 0 radical (unpaired) electrons. The summed E-state index contributed by atoms with van der Waals surface area (Å²) >= 11 is 1.42. The average Bonchev–Trinajstić information content (AvgIpc) is 3.13. The first kappa shape index (κ1) is 26.1. The number of thioether (sulfide) groups is 1. The summed E-state index contributed by atoms with van der Waals surface area (Å²) in [4.78, 5) is 30.4. The Balaban J connectivity index is 1.94. The fourth-order valence-corrected chi connectivity index (χ4v) is 5.78. The van der Waals surface area contributed by atoms with E-state index in [9.17, 15) is 18.0 Å². The number of para-hydroxylation sites is 1. The third kappa shape index (κ3) is 5.93. The zero-order valence-electron chi connectivity index (χ0n) is 20.0. The Labute approximate surface area is 207 Å². The van der Waals surface area contributed by atoms with Gasteiger partial charge in [-0.1, -0.05) is 25.0 Å². The highest BCUT2D eigenvalue weighted by Gasteiger charge is 2.25. The lowest BCUT2D eigenvalue weighted by Gasteiger charge is -2.22. The summed E-state index contributed by atoms with van der Waals surface area (Å²) < 4.78 is 29.2. The van der Waals surface area contributed by atoms with Gasteiger partial charge in [-0.2, -0.15) is 0 Å². The standard InChI is InChI=1S/C25H33N3O4S2/c1-4-27(5-2)24(29)20-12-8-9-13-22(20)26-34(31,32)19-14-15-23(33-3)21(18-19)25(30)28-16-10-6-7-11-17-28/h8-9,12-15,18,26H,4-7,10-11,16-17H2,1-3H3. The Bertz CT molecular complexity index is 1120. The van der Waals surface area contributed by atoms with Crippen LogP contribution in [0, 0.1) is 0 Å². The Morgan fingerprint density at radius 1 is 0.971 bits per heavy atom. The first-order valence-electron chi connectivity index (χ1n) is 11.7. The average molecular weight is 504 g/mol. The number of hydrogen-bond acceptors (Lipinski definition) is 5. The minimum absolute atomic E-state index is 0.00596. The topological polar surface area (TPSA) is 86.8 Å². The smallest absolute Gasteiger partial charge is 0.261 e. The Kier molecular flexibility index (Phi) is 9.02. The lowest BCUT2D eigenvalue weighted by Crippen LogP contribution is -2.32. The molecule has 7 nitrogen and oxygen atoms in total. The Morgan fingerprint density at radius 2 is 1.62 bits per heavy atom. The van der Waals surface area contributed by atoms with Crippen LogP contribution >= 0.6 is 11.8 Å². The molecule has 0 saturated carbocycles. The van der Waals surface area contributed by atoms with Gasteiger partial charge in [0, 0.05) is 31.1 Å². The quantitative estimate of drug-likeness (QED) is 0.528. The summed E-state index contributed by atoms with van der Waals surface area (Å²) in [6.45, 7) is 6.17. The van der Waals surface area contributed by atoms with Crippen molar-refractivity contribution >= 4 is 39.3 Å². The van der Waals surface area contributed by atoms with Gasteiger partial charge in [-0.25, -0.2) is 8.42 Å². The first-order chi connectivity index (χ1) is 16.3. The van der Waals surface area contributed by atoms with Gasteiger partial charge in [0.15, 0.2) is 0 Å². The molecule has 0 bridgehead atoms. The van der Waals surface area contributed by atoms with E-state index in [1.54, 1.807) is 35.2 Å². The SMILES string of the molecule is CCN(CC)C(=O)c1ccccc1NS(=O)(=O)c1ccc(SC)c(C(=O)N2CCCCCC2)c1. The number of carbonyl (C=O) groups excluding carboxylic acids is 2. The van der Waals surface area contributed by atoms with Crippen molar-refractivity contribution in [1.82, 2.24) is 9.80 Å². The third-order valence-electron chi connectivity index (χ3n) is 6.06. The summed E-state index contributed by atoms with van der Waals surface area (Å²) in [7, 11) is -4.03. The number of benzene rings is 2. The normalized spacial score (nSPS) is 14.4. The van der Waals surface area contributed by atoms with Gasteiger partial charge in [-0.3, -0.25) is 14.3 Å². The van der Waals surface area contributed by atoms with E-state index in [0.29, 0.717) is 31.7 Å². The second-order valence-electron chi connectivity index (χ2n) is 8.20. The van der Waals surface area contributed by atoms with Crippen molar-refractivity contribution in [1.29, 1.82) is 0 Å². The van der Waals surface area contributed by atoms with Crippen molar-refractivity contribution in [3.8, 4) is 0 Å². The molecule has 2 amide bonds. The molecule has 1 heterocycles. The number of hydrogen-bond donors (Lipinski definition) is 1. The molecule has 1 N–H and O–H groups in total. The molecule has 0 spiro atoms. The van der Waals surface area contributed by atoms with E-state index < -0.39 is 10.0 Å². The Morgan fingerprint density at radius 3 is 2.24 bits per heavy atom. The number of rotatable bonds is 8. The van der Waals surface area contributed by atoms with Crippen LogP contribution in [-0.4, -0.2) is 62.5 Å². The van der Waals surface area contributed by atoms with Gasteiger partial charge in [-0.05, 0) is 63.3 Å². The predicted octanol–water partition coefficient (Wildman–Crippen LogP) is 4.71. The second kappa shape index (κ2) is 11.8. The molecule has 1 saturated heterocycles. The van der Waals surface area contributed by atoms with Gasteiger partial charge in [0.1, 0.15) is 0 Å². The van der Waals surface area contributed by atoms with E-state index in [0.717, 1.165) is 30.6 Å². The van der Waals surface area contributed by atoms with E-state index in [4.69, 9.17) is 0 Å². The van der Waals surface area contributed by atoms with Crippen LogP contribution in [0.1, 0.15) is 60.2 Å². The van der Waals surface area contributed by atoms with Gasteiger partial charge in [0.05, 0.1) is 21.7 Å². The molecular weight excluding hydrogens is 470 g/mol. The largest absolute Gasteiger partial charge is 0.339 e. The summed E-state index contributed by atoms with van der Waals surface area (Å²) in [6, 6.07) is 11.2. The molecule has 1 aliphatic rings. The van der Waals surface area contributed by atoms with Crippen LogP contribution in [-0.2, 0) is 10.0 Å². The zero-order chi connectivity index (χ0) is 24.7. The van der Waals surface area contributed by atoms with Crippen LogP contribution < -0.4 is 4.72 Å². The maximum Gasteiger partial charge on any atom is 0.261 e. The lowest BCUT2D eigenvalue weighted by molar-refractivity contribution is 0.0755. The summed E-state index contributed by atoms with van der Waals surface area (Å²) in [6.07, 6.45) is 5.98.